The van der Waals surface area contributed by atoms with Gasteiger partial charge in [-0.3, -0.25) is 4.79 Å². The minimum absolute atomic E-state index is 0.155. The molecule has 1 aromatic carbocycles. The zero-order valence-corrected chi connectivity index (χ0v) is 15.3. The van der Waals surface area contributed by atoms with Crippen molar-refractivity contribution >= 4 is 22.4 Å². The number of rotatable bonds is 6. The van der Waals surface area contributed by atoms with Gasteiger partial charge in [0.15, 0.2) is 10.9 Å². The molecule has 27 heavy (non-hydrogen) atoms. The van der Waals surface area contributed by atoms with Gasteiger partial charge in [-0.1, -0.05) is 35.0 Å². The van der Waals surface area contributed by atoms with Gasteiger partial charge in [0.05, 0.1) is 12.0 Å². The molecule has 8 heteroatoms. The second-order valence-electron chi connectivity index (χ2n) is 5.94. The number of aromatic nitrogens is 3. The lowest BCUT2D eigenvalue weighted by Crippen LogP contribution is -2.12. The van der Waals surface area contributed by atoms with E-state index in [1.54, 1.807) is 12.1 Å². The minimum atomic E-state index is -0.155. The molecule has 7 nitrogen and oxygen atoms in total. The summed E-state index contributed by atoms with van der Waals surface area (Å²) in [6.07, 6.45) is 2.10. The van der Waals surface area contributed by atoms with Crippen LogP contribution in [-0.4, -0.2) is 21.0 Å². The van der Waals surface area contributed by atoms with Crippen molar-refractivity contribution in [2.24, 2.45) is 0 Å². The van der Waals surface area contributed by atoms with Gasteiger partial charge in [-0.05, 0) is 19.1 Å². The molecule has 0 aliphatic carbocycles. The van der Waals surface area contributed by atoms with Crippen molar-refractivity contribution in [2.75, 3.05) is 5.32 Å². The minimum Gasteiger partial charge on any atom is -0.461 e. The van der Waals surface area contributed by atoms with E-state index in [1.165, 1.54) is 23.2 Å². The Labute approximate surface area is 159 Å². The number of anilines is 1. The highest BCUT2D eigenvalue weighted by Crippen LogP contribution is 2.25. The molecule has 0 aliphatic heterocycles. The van der Waals surface area contributed by atoms with E-state index in [0.29, 0.717) is 29.0 Å². The maximum Gasteiger partial charge on any atom is 0.238 e. The fraction of sp³-hybridized carbons (Fsp3) is 0.158. The zero-order chi connectivity index (χ0) is 18.6. The number of hydrogen-bond donors (Lipinski definition) is 1. The quantitative estimate of drug-likeness (QED) is 0.535. The number of aryl methyl sites for hydroxylation is 2. The maximum absolute atomic E-state index is 12.2. The smallest absolute Gasteiger partial charge is 0.238 e. The summed E-state index contributed by atoms with van der Waals surface area (Å²) in [5, 5.41) is 9.14. The molecular formula is C19H16N4O3S. The zero-order valence-electron chi connectivity index (χ0n) is 14.5. The summed E-state index contributed by atoms with van der Waals surface area (Å²) in [4.78, 5) is 20.8. The summed E-state index contributed by atoms with van der Waals surface area (Å²) in [7, 11) is 0. The lowest BCUT2D eigenvalue weighted by Gasteiger charge is -2.00. The van der Waals surface area contributed by atoms with Crippen molar-refractivity contribution < 1.29 is 13.7 Å². The van der Waals surface area contributed by atoms with Gasteiger partial charge in [0.25, 0.3) is 0 Å². The number of carbonyl (C=O) groups is 1. The SMILES string of the molecule is Cc1ccc(-c2csc(NC(=O)CCc3nc(-c4ccco4)no3)n2)cc1. The molecule has 0 aliphatic rings. The summed E-state index contributed by atoms with van der Waals surface area (Å²) in [5.74, 6) is 1.13. The monoisotopic (exact) mass is 380 g/mol. The molecular weight excluding hydrogens is 364 g/mol. The summed E-state index contributed by atoms with van der Waals surface area (Å²) in [6.45, 7) is 2.04. The van der Waals surface area contributed by atoms with Gasteiger partial charge in [0.2, 0.25) is 17.6 Å². The van der Waals surface area contributed by atoms with E-state index in [4.69, 9.17) is 8.94 Å². The molecule has 3 aromatic heterocycles. The van der Waals surface area contributed by atoms with E-state index in [-0.39, 0.29) is 12.3 Å². The Hall–Kier alpha value is -3.26. The lowest BCUT2D eigenvalue weighted by molar-refractivity contribution is -0.116. The van der Waals surface area contributed by atoms with Crippen LogP contribution in [0.2, 0.25) is 0 Å². The molecule has 136 valence electrons. The molecule has 0 spiro atoms. The van der Waals surface area contributed by atoms with Crippen molar-refractivity contribution in [3.63, 3.8) is 0 Å². The van der Waals surface area contributed by atoms with Crippen LogP contribution in [0, 0.1) is 6.92 Å². The second kappa shape index (κ2) is 7.55. The Morgan fingerprint density at radius 1 is 1.19 bits per heavy atom. The Morgan fingerprint density at radius 2 is 2.04 bits per heavy atom. The summed E-state index contributed by atoms with van der Waals surface area (Å²) >= 11 is 1.39. The number of nitrogens with one attached hydrogen (secondary N) is 1. The molecule has 0 radical (unpaired) electrons. The molecule has 1 amide bonds. The number of nitrogens with zero attached hydrogens (tertiary/aromatic N) is 3. The maximum atomic E-state index is 12.2. The largest absolute Gasteiger partial charge is 0.461 e. The highest BCUT2D eigenvalue weighted by atomic mass is 32.1. The van der Waals surface area contributed by atoms with E-state index < -0.39 is 0 Å². The van der Waals surface area contributed by atoms with E-state index >= 15 is 0 Å². The fourth-order valence-corrected chi connectivity index (χ4v) is 3.19. The average molecular weight is 380 g/mol. The van der Waals surface area contributed by atoms with Gasteiger partial charge in [-0.15, -0.1) is 11.3 Å². The van der Waals surface area contributed by atoms with Crippen molar-refractivity contribution in [1.29, 1.82) is 0 Å². The normalized spacial score (nSPS) is 10.9. The van der Waals surface area contributed by atoms with Crippen LogP contribution in [0.1, 0.15) is 17.9 Å². The van der Waals surface area contributed by atoms with Crippen LogP contribution in [0.25, 0.3) is 22.8 Å². The first kappa shape index (κ1) is 17.2. The number of amides is 1. The molecule has 0 fully saturated rings. The van der Waals surface area contributed by atoms with Gasteiger partial charge in [0.1, 0.15) is 0 Å². The molecule has 4 aromatic rings. The van der Waals surface area contributed by atoms with Crippen LogP contribution >= 0.6 is 11.3 Å². The molecule has 3 heterocycles. The number of furan rings is 1. The first-order valence-corrected chi connectivity index (χ1v) is 9.24. The van der Waals surface area contributed by atoms with Crippen LogP contribution < -0.4 is 5.32 Å². The molecule has 0 saturated carbocycles. The molecule has 0 atom stereocenters. The van der Waals surface area contributed by atoms with Crippen LogP contribution in [0.4, 0.5) is 5.13 Å². The van der Waals surface area contributed by atoms with Crippen LogP contribution in [0.5, 0.6) is 0 Å². The third-order valence-corrected chi connectivity index (χ3v) is 4.63. The topological polar surface area (TPSA) is 94.1 Å². The van der Waals surface area contributed by atoms with Gasteiger partial charge >= 0.3 is 0 Å². The molecule has 4 rings (SSSR count). The van der Waals surface area contributed by atoms with E-state index in [0.717, 1.165) is 11.3 Å². The van der Waals surface area contributed by atoms with Gasteiger partial charge in [0, 0.05) is 23.8 Å². The van der Waals surface area contributed by atoms with E-state index in [2.05, 4.69) is 20.4 Å². The first-order valence-electron chi connectivity index (χ1n) is 8.36. The fourth-order valence-electron chi connectivity index (χ4n) is 2.45. The van der Waals surface area contributed by atoms with Crippen LogP contribution in [0.3, 0.4) is 0 Å². The van der Waals surface area contributed by atoms with E-state index in [9.17, 15) is 4.79 Å². The van der Waals surface area contributed by atoms with Crippen molar-refractivity contribution in [1.82, 2.24) is 15.1 Å². The predicted octanol–water partition coefficient (Wildman–Crippen LogP) is 4.33. The predicted molar refractivity (Wildman–Crippen MR) is 101 cm³/mol. The van der Waals surface area contributed by atoms with Crippen molar-refractivity contribution in [3.8, 4) is 22.8 Å². The Balaban J connectivity index is 1.33. The van der Waals surface area contributed by atoms with Crippen LogP contribution in [-0.2, 0) is 11.2 Å². The number of benzene rings is 1. The summed E-state index contributed by atoms with van der Waals surface area (Å²) < 4.78 is 10.4. The average Bonchev–Trinajstić information content (AvgIpc) is 3.42. The molecule has 1 N–H and O–H groups in total. The second-order valence-corrected chi connectivity index (χ2v) is 6.80. The number of carbonyl (C=O) groups excluding carboxylic acids is 1. The summed E-state index contributed by atoms with van der Waals surface area (Å²) in [6, 6.07) is 11.6. The lowest BCUT2D eigenvalue weighted by atomic mass is 10.1. The van der Waals surface area contributed by atoms with Crippen LogP contribution in [0.15, 0.2) is 57.0 Å². The highest BCUT2D eigenvalue weighted by Gasteiger charge is 2.13. The third kappa shape index (κ3) is 4.12. The van der Waals surface area contributed by atoms with E-state index in [1.807, 2.05) is 36.6 Å². The molecule has 0 bridgehead atoms. The Bertz CT molecular complexity index is 1040. The van der Waals surface area contributed by atoms with Gasteiger partial charge < -0.3 is 14.3 Å². The van der Waals surface area contributed by atoms with Crippen molar-refractivity contribution in [2.45, 2.75) is 19.8 Å². The standard InChI is InChI=1S/C19H16N4O3S/c1-12-4-6-13(7-5-12)14-11-27-19(20-14)21-16(24)8-9-17-22-18(23-26-17)15-3-2-10-25-15/h2-7,10-11H,8-9H2,1H3,(H,20,21,24). The number of thiazole rings is 1. The number of hydrogen-bond acceptors (Lipinski definition) is 7. The first-order chi connectivity index (χ1) is 13.2. The Morgan fingerprint density at radius 3 is 2.81 bits per heavy atom. The third-order valence-electron chi connectivity index (χ3n) is 3.87. The van der Waals surface area contributed by atoms with Gasteiger partial charge in [-0.2, -0.15) is 4.98 Å². The highest BCUT2D eigenvalue weighted by molar-refractivity contribution is 7.14. The molecule has 0 unspecified atom stereocenters. The van der Waals surface area contributed by atoms with Crippen molar-refractivity contribution in [3.05, 3.63) is 59.5 Å². The van der Waals surface area contributed by atoms with Gasteiger partial charge in [-0.25, -0.2) is 4.98 Å². The Kier molecular flexibility index (Phi) is 4.80. The summed E-state index contributed by atoms with van der Waals surface area (Å²) in [5.41, 5.74) is 3.06. The molecule has 0 saturated heterocycles.